The number of benzene rings is 8. The van der Waals surface area contributed by atoms with Gasteiger partial charge in [0.05, 0.1) is 12.8 Å². The summed E-state index contributed by atoms with van der Waals surface area (Å²) in [6.45, 7) is 24.4. The van der Waals surface area contributed by atoms with Crippen molar-refractivity contribution in [2.75, 3.05) is 12.0 Å². The summed E-state index contributed by atoms with van der Waals surface area (Å²) in [7, 11) is 0.958. The molecule has 66 heavy (non-hydrogen) atoms. The second kappa shape index (κ2) is 24.3. The topological polar surface area (TPSA) is 12.5 Å². The highest BCUT2D eigenvalue weighted by molar-refractivity contribution is 6.10. The van der Waals surface area contributed by atoms with E-state index in [-0.39, 0.29) is 5.41 Å². The largest absolute Gasteiger partial charge is 0.310 e. The van der Waals surface area contributed by atoms with Crippen LogP contribution >= 0.6 is 0 Å². The first-order chi connectivity index (χ1) is 31.9. The summed E-state index contributed by atoms with van der Waals surface area (Å²) in [5, 5.41) is 2.58. The van der Waals surface area contributed by atoms with Crippen LogP contribution in [0.4, 0.5) is 21.6 Å². The number of para-hydroxylation sites is 1. The highest BCUT2D eigenvalue weighted by Crippen LogP contribution is 2.54. The van der Waals surface area contributed by atoms with Crippen molar-refractivity contribution in [3.05, 3.63) is 221 Å². The fourth-order valence-corrected chi connectivity index (χ4v) is 8.90. The maximum atomic E-state index is 9.79. The smallest absolute Gasteiger partial charge is 0.0766 e. The van der Waals surface area contributed by atoms with E-state index in [9.17, 15) is 4.53 Å². The van der Waals surface area contributed by atoms with Gasteiger partial charge in [0, 0.05) is 22.2 Å². The lowest BCUT2D eigenvalue weighted by molar-refractivity contribution is -0.0960. The Morgan fingerprint density at radius 2 is 1.05 bits per heavy atom. The predicted octanol–water partition coefficient (Wildman–Crippen LogP) is 19.2. The van der Waals surface area contributed by atoms with Crippen LogP contribution in [-0.2, 0) is 10.4 Å². The number of hydrogen-bond acceptors (Lipinski definition) is 2. The third kappa shape index (κ3) is 11.7. The lowest BCUT2D eigenvalue weighted by Gasteiger charge is -2.30. The zero-order valence-corrected chi connectivity index (χ0v) is 41.6. The van der Waals surface area contributed by atoms with Crippen molar-refractivity contribution in [3.8, 4) is 22.3 Å². The Morgan fingerprint density at radius 1 is 0.515 bits per heavy atom. The molecule has 0 radical (unpaired) electrons. The van der Waals surface area contributed by atoms with E-state index in [1.165, 1.54) is 89.8 Å². The van der Waals surface area contributed by atoms with Crippen LogP contribution in [0, 0.1) is 20.8 Å². The molecule has 0 saturated carbocycles. The number of fused-ring (bicyclic) bond motifs is 5. The number of anilines is 3. The fraction of sp³-hybridized carbons (Fsp3) is 0.270. The Hall–Kier alpha value is -6.29. The summed E-state index contributed by atoms with van der Waals surface area (Å²) in [6.07, 6.45) is 2.35. The van der Waals surface area contributed by atoms with Crippen LogP contribution in [-0.4, -0.2) is 7.11 Å². The van der Waals surface area contributed by atoms with Crippen LogP contribution in [0.1, 0.15) is 119 Å². The molecule has 1 aliphatic carbocycles. The summed E-state index contributed by atoms with van der Waals surface area (Å²) >= 11 is 0. The van der Waals surface area contributed by atoms with Crippen LogP contribution in [0.3, 0.4) is 0 Å². The minimum absolute atomic E-state index is 0.0999. The molecular weight excluding hydrogens is 806 g/mol. The normalized spacial score (nSPS) is 12.5. The molecular formula is C63H72FNO. The van der Waals surface area contributed by atoms with E-state index in [0.717, 1.165) is 19.2 Å². The van der Waals surface area contributed by atoms with E-state index in [1.807, 2.05) is 32.0 Å². The van der Waals surface area contributed by atoms with Gasteiger partial charge in [0.25, 0.3) is 0 Å². The molecule has 8 aromatic carbocycles. The highest BCUT2D eigenvalue weighted by atomic mass is 19.3. The molecule has 2 atom stereocenters. The molecule has 9 rings (SSSR count). The number of rotatable bonds is 8. The van der Waals surface area contributed by atoms with E-state index in [0.29, 0.717) is 11.8 Å². The van der Waals surface area contributed by atoms with Gasteiger partial charge in [-0.25, -0.2) is 0 Å². The van der Waals surface area contributed by atoms with E-state index in [1.54, 1.807) is 0 Å². The van der Waals surface area contributed by atoms with Gasteiger partial charge in [0.15, 0.2) is 0 Å². The van der Waals surface area contributed by atoms with Crippen molar-refractivity contribution >= 4 is 27.8 Å². The van der Waals surface area contributed by atoms with Crippen LogP contribution in [0.2, 0.25) is 0 Å². The van der Waals surface area contributed by atoms with E-state index in [4.69, 9.17) is 0 Å². The lowest BCUT2D eigenvalue weighted by Crippen LogP contribution is -2.17. The van der Waals surface area contributed by atoms with Crippen molar-refractivity contribution < 1.29 is 9.47 Å². The average Bonchev–Trinajstić information content (AvgIpc) is 3.58. The van der Waals surface area contributed by atoms with E-state index in [2.05, 4.69) is 236 Å². The molecule has 1 aliphatic rings. The van der Waals surface area contributed by atoms with Gasteiger partial charge in [-0.2, -0.15) is 4.94 Å². The lowest BCUT2D eigenvalue weighted by atomic mass is 9.81. The fourth-order valence-electron chi connectivity index (χ4n) is 8.90. The van der Waals surface area contributed by atoms with Crippen LogP contribution < -0.4 is 4.90 Å². The van der Waals surface area contributed by atoms with Crippen LogP contribution in [0.5, 0.6) is 0 Å². The molecule has 2 nitrogen and oxygen atoms in total. The third-order valence-corrected chi connectivity index (χ3v) is 12.9. The molecule has 0 fully saturated rings. The van der Waals surface area contributed by atoms with Gasteiger partial charge in [-0.3, -0.25) is 0 Å². The molecule has 0 aliphatic heterocycles. The summed E-state index contributed by atoms with van der Waals surface area (Å²) in [4.78, 5) is 5.21. The van der Waals surface area contributed by atoms with Gasteiger partial charge in [0.1, 0.15) is 0 Å². The monoisotopic (exact) mass is 878 g/mol. The first-order valence-electron chi connectivity index (χ1n) is 23.9. The molecule has 2 unspecified atom stereocenters. The van der Waals surface area contributed by atoms with Gasteiger partial charge in [0.2, 0.25) is 0 Å². The Bertz CT molecular complexity index is 2720. The maximum Gasteiger partial charge on any atom is 0.0766 e. The third-order valence-electron chi connectivity index (χ3n) is 12.9. The second-order valence-corrected chi connectivity index (χ2v) is 17.6. The van der Waals surface area contributed by atoms with Crippen molar-refractivity contribution in [2.45, 2.75) is 106 Å². The number of halogens is 1. The van der Waals surface area contributed by atoms with E-state index >= 15 is 0 Å². The number of aryl methyl sites for hydroxylation is 3. The average molecular weight is 878 g/mol. The summed E-state index contributed by atoms with van der Waals surface area (Å²) in [5.41, 5.74) is 18.4. The molecule has 0 heterocycles. The Labute approximate surface area is 397 Å². The van der Waals surface area contributed by atoms with E-state index < -0.39 is 0 Å². The number of hydrogen-bond donors (Lipinski definition) is 0. The Morgan fingerprint density at radius 3 is 1.62 bits per heavy atom. The minimum atomic E-state index is -0.0999. The molecule has 0 bridgehead atoms. The van der Waals surface area contributed by atoms with Gasteiger partial charge >= 0.3 is 0 Å². The minimum Gasteiger partial charge on any atom is -0.310 e. The van der Waals surface area contributed by atoms with Gasteiger partial charge in [-0.15, -0.1) is 0 Å². The quantitative estimate of drug-likeness (QED) is 0.151. The summed E-state index contributed by atoms with van der Waals surface area (Å²) < 4.78 is 9.79. The molecule has 3 heteroatoms. The van der Waals surface area contributed by atoms with Crippen molar-refractivity contribution in [1.82, 2.24) is 0 Å². The zero-order chi connectivity index (χ0) is 47.8. The summed E-state index contributed by atoms with van der Waals surface area (Å²) in [6, 6.07) is 66.1. The molecule has 0 saturated heterocycles. The molecule has 0 aromatic heterocycles. The molecule has 0 N–H and O–H groups in total. The molecule has 8 aromatic rings. The first kappa shape index (κ1) is 50.7. The Kier molecular flexibility index (Phi) is 18.7. The zero-order valence-electron chi connectivity index (χ0n) is 41.6. The first-order valence-corrected chi connectivity index (χ1v) is 23.9. The second-order valence-electron chi connectivity index (χ2n) is 17.6. The SMILES string of the molecule is CC.CCC(C)c1ccccc1.CCC(C)c1ccccc1-c1ccc(N(c2ccccc2)c2cc3c(c4ccccc24)-c2ccc(C)cc2C3(C)C)cc1C.COF.Cc1ccccc1. The van der Waals surface area contributed by atoms with Gasteiger partial charge in [-0.05, 0) is 136 Å². The van der Waals surface area contributed by atoms with Crippen LogP contribution in [0.15, 0.2) is 182 Å². The molecule has 342 valence electrons. The predicted molar refractivity (Wildman–Crippen MR) is 286 cm³/mol. The maximum absolute atomic E-state index is 9.79. The molecule has 0 spiro atoms. The summed E-state index contributed by atoms with van der Waals surface area (Å²) in [5.74, 6) is 1.22. The standard InChI is InChI=1S/C43H41N.C10H14.C7H8.C2H6.CH3FO/c1-7-29(3)33-17-11-12-18-35(33)34-24-22-32(26-30(34)4)44(31-15-9-8-10-16-31)41-27-40-42(37-20-14-13-19-36(37)41)38-23-21-28(2)25-39(38)43(40,5)6;1-3-9(2)10-7-5-4-6-8-10;1-7-5-3-2-4-6-7;1-2;1-3-2/h8-27,29H,7H2,1-6H3;4-9H,3H2,1-2H3;2-6H,1H3;1-2H3;1H3. The van der Waals surface area contributed by atoms with Crippen LogP contribution in [0.25, 0.3) is 33.0 Å². The van der Waals surface area contributed by atoms with Crippen molar-refractivity contribution in [2.24, 2.45) is 0 Å². The number of nitrogens with zero attached hydrogens (tertiary/aromatic N) is 1. The Balaban J connectivity index is 0.000000305. The van der Waals surface area contributed by atoms with Crippen molar-refractivity contribution in [3.63, 3.8) is 0 Å². The highest BCUT2D eigenvalue weighted by Gasteiger charge is 2.38. The van der Waals surface area contributed by atoms with Gasteiger partial charge in [-0.1, -0.05) is 218 Å². The molecule has 0 amide bonds. The van der Waals surface area contributed by atoms with Crippen molar-refractivity contribution in [1.29, 1.82) is 0 Å². The van der Waals surface area contributed by atoms with Gasteiger partial charge < -0.3 is 4.90 Å².